The zero-order chi connectivity index (χ0) is 24.2. The molecule has 3 heterocycles. The fourth-order valence-corrected chi connectivity index (χ4v) is 5.16. The average Bonchev–Trinajstić information content (AvgIpc) is 3.29. The highest BCUT2D eigenvalue weighted by molar-refractivity contribution is 5.78. The third-order valence-electron chi connectivity index (χ3n) is 7.18. The van der Waals surface area contributed by atoms with Gasteiger partial charge in [-0.2, -0.15) is 0 Å². The third kappa shape index (κ3) is 5.49. The zero-order valence-electron chi connectivity index (χ0n) is 20.4. The SMILES string of the molecule is C[NH2+]NC1=C(N)CCN(C(=O)CN2CCN(c3cnc(NC4Cc5ccccc5C4)nc3)CC2)C1. The van der Waals surface area contributed by atoms with E-state index in [0.29, 0.717) is 38.0 Å². The van der Waals surface area contributed by atoms with E-state index in [1.807, 2.05) is 29.8 Å². The molecule has 1 aromatic heterocycles. The smallest absolute Gasteiger partial charge is 0.237 e. The van der Waals surface area contributed by atoms with E-state index in [9.17, 15) is 4.79 Å². The van der Waals surface area contributed by atoms with Crippen molar-refractivity contribution in [1.29, 1.82) is 0 Å². The Bertz CT molecular complexity index is 1040. The van der Waals surface area contributed by atoms with Crippen LogP contribution in [0.15, 0.2) is 48.1 Å². The van der Waals surface area contributed by atoms with Crippen LogP contribution in [0.2, 0.25) is 0 Å². The first-order chi connectivity index (χ1) is 17.1. The number of carbonyl (C=O) groups excluding carboxylic acids is 1. The van der Waals surface area contributed by atoms with Crippen molar-refractivity contribution >= 4 is 17.5 Å². The molecule has 0 bridgehead atoms. The molecule has 2 aliphatic heterocycles. The van der Waals surface area contributed by atoms with Crippen molar-refractivity contribution in [1.82, 2.24) is 25.2 Å². The van der Waals surface area contributed by atoms with Crippen molar-refractivity contribution in [3.8, 4) is 0 Å². The van der Waals surface area contributed by atoms with Crippen LogP contribution in [-0.2, 0) is 17.6 Å². The molecule has 0 radical (unpaired) electrons. The van der Waals surface area contributed by atoms with Crippen LogP contribution in [0.1, 0.15) is 17.5 Å². The van der Waals surface area contributed by atoms with Gasteiger partial charge in [-0.05, 0) is 24.0 Å². The Morgan fingerprint density at radius 3 is 2.43 bits per heavy atom. The normalized spacial score (nSPS) is 19.1. The lowest BCUT2D eigenvalue weighted by molar-refractivity contribution is -0.678. The number of aromatic nitrogens is 2. The molecule has 186 valence electrons. The van der Waals surface area contributed by atoms with E-state index in [4.69, 9.17) is 5.73 Å². The van der Waals surface area contributed by atoms with Gasteiger partial charge in [-0.1, -0.05) is 24.3 Å². The summed E-state index contributed by atoms with van der Waals surface area (Å²) in [7, 11) is 1.92. The second kappa shape index (κ2) is 10.5. The maximum absolute atomic E-state index is 12.9. The zero-order valence-corrected chi connectivity index (χ0v) is 20.4. The first kappa shape index (κ1) is 23.4. The minimum Gasteiger partial charge on any atom is -0.400 e. The average molecular weight is 479 g/mol. The van der Waals surface area contributed by atoms with E-state index in [1.54, 1.807) is 0 Å². The van der Waals surface area contributed by atoms with E-state index < -0.39 is 0 Å². The lowest BCUT2D eigenvalue weighted by atomic mass is 10.1. The van der Waals surface area contributed by atoms with Crippen molar-refractivity contribution in [2.45, 2.75) is 25.3 Å². The number of hydrogen-bond donors (Lipinski definition) is 4. The number of nitrogens with two attached hydrogens (primary N) is 2. The number of amides is 1. The summed E-state index contributed by atoms with van der Waals surface area (Å²) in [6, 6.07) is 8.95. The maximum atomic E-state index is 12.9. The molecule has 0 spiro atoms. The Morgan fingerprint density at radius 1 is 1.09 bits per heavy atom. The molecular weight excluding hydrogens is 442 g/mol. The second-order valence-electron chi connectivity index (χ2n) is 9.55. The van der Waals surface area contributed by atoms with Gasteiger partial charge in [-0.3, -0.25) is 9.69 Å². The Labute approximate surface area is 206 Å². The van der Waals surface area contributed by atoms with Gasteiger partial charge in [0.15, 0.2) is 0 Å². The molecule has 35 heavy (non-hydrogen) atoms. The van der Waals surface area contributed by atoms with Gasteiger partial charge in [-0.25, -0.2) is 20.8 Å². The minimum atomic E-state index is 0.161. The van der Waals surface area contributed by atoms with Crippen molar-refractivity contribution in [3.05, 3.63) is 59.2 Å². The predicted molar refractivity (Wildman–Crippen MR) is 135 cm³/mol. The number of benzene rings is 1. The molecule has 1 amide bonds. The molecule has 10 heteroatoms. The number of hydrogen-bond acceptors (Lipinski definition) is 8. The fourth-order valence-electron chi connectivity index (χ4n) is 5.16. The number of anilines is 2. The summed E-state index contributed by atoms with van der Waals surface area (Å²) in [5, 5.41) is 3.48. The van der Waals surface area contributed by atoms with Gasteiger partial charge in [-0.15, -0.1) is 0 Å². The van der Waals surface area contributed by atoms with Gasteiger partial charge in [0.1, 0.15) is 5.70 Å². The van der Waals surface area contributed by atoms with E-state index in [2.05, 4.69) is 54.8 Å². The van der Waals surface area contributed by atoms with E-state index in [1.165, 1.54) is 11.1 Å². The van der Waals surface area contributed by atoms with Crippen LogP contribution in [0.25, 0.3) is 0 Å². The third-order valence-corrected chi connectivity index (χ3v) is 7.18. The van der Waals surface area contributed by atoms with Crippen LogP contribution in [0.5, 0.6) is 0 Å². The summed E-state index contributed by atoms with van der Waals surface area (Å²) in [4.78, 5) is 28.4. The molecule has 1 saturated heterocycles. The molecule has 10 nitrogen and oxygen atoms in total. The van der Waals surface area contributed by atoms with Gasteiger partial charge in [0, 0.05) is 50.9 Å². The summed E-state index contributed by atoms with van der Waals surface area (Å²) in [6.07, 6.45) is 6.55. The number of nitrogens with one attached hydrogen (secondary N) is 2. The highest BCUT2D eigenvalue weighted by atomic mass is 16.2. The molecule has 0 saturated carbocycles. The van der Waals surface area contributed by atoms with Crippen molar-refractivity contribution in [3.63, 3.8) is 0 Å². The van der Waals surface area contributed by atoms with Gasteiger partial charge in [0.25, 0.3) is 0 Å². The quantitative estimate of drug-likeness (QED) is 0.304. The lowest BCUT2D eigenvalue weighted by Crippen LogP contribution is -2.89. The number of nitrogens with zero attached hydrogens (tertiary/aromatic N) is 5. The summed E-state index contributed by atoms with van der Waals surface area (Å²) >= 11 is 0. The van der Waals surface area contributed by atoms with Crippen LogP contribution in [-0.4, -0.2) is 84.6 Å². The summed E-state index contributed by atoms with van der Waals surface area (Å²) < 4.78 is 0. The van der Waals surface area contributed by atoms with Gasteiger partial charge in [0.05, 0.1) is 38.2 Å². The Hall–Kier alpha value is -3.37. The van der Waals surface area contributed by atoms with Crippen molar-refractivity contribution < 1.29 is 10.2 Å². The molecule has 0 atom stereocenters. The summed E-state index contributed by atoms with van der Waals surface area (Å²) in [5.74, 6) is 0.843. The van der Waals surface area contributed by atoms with Crippen LogP contribution in [0.4, 0.5) is 11.6 Å². The molecular formula is C25H36N9O+. The number of rotatable bonds is 7. The van der Waals surface area contributed by atoms with Crippen molar-refractivity contribution in [2.24, 2.45) is 5.73 Å². The first-order valence-corrected chi connectivity index (χ1v) is 12.5. The molecule has 0 unspecified atom stereocenters. The molecule has 2 aromatic rings. The predicted octanol–water partition coefficient (Wildman–Crippen LogP) is -0.722. The summed E-state index contributed by atoms with van der Waals surface area (Å²) in [6.45, 7) is 5.07. The van der Waals surface area contributed by atoms with Crippen LogP contribution in [0, 0.1) is 0 Å². The number of carbonyl (C=O) groups is 1. The molecule has 1 aliphatic carbocycles. The molecule has 6 N–H and O–H groups in total. The Balaban J connectivity index is 1.08. The summed E-state index contributed by atoms with van der Waals surface area (Å²) in [5.41, 5.74) is 16.7. The highest BCUT2D eigenvalue weighted by Gasteiger charge is 2.26. The van der Waals surface area contributed by atoms with Crippen molar-refractivity contribution in [2.75, 3.05) is 63.1 Å². The van der Waals surface area contributed by atoms with Crippen LogP contribution in [0.3, 0.4) is 0 Å². The Morgan fingerprint density at radius 2 is 1.77 bits per heavy atom. The van der Waals surface area contributed by atoms with Gasteiger partial charge in [0.2, 0.25) is 11.9 Å². The molecule has 1 fully saturated rings. The molecule has 3 aliphatic rings. The number of quaternary nitrogens is 1. The van der Waals surface area contributed by atoms with E-state index >= 15 is 0 Å². The number of fused-ring (bicyclic) bond motifs is 1. The van der Waals surface area contributed by atoms with Gasteiger partial charge < -0.3 is 20.9 Å². The first-order valence-electron chi connectivity index (χ1n) is 12.5. The monoisotopic (exact) mass is 478 g/mol. The van der Waals surface area contributed by atoms with Crippen LogP contribution < -0.4 is 26.8 Å². The lowest BCUT2D eigenvalue weighted by Gasteiger charge is -2.37. The highest BCUT2D eigenvalue weighted by Crippen LogP contribution is 2.24. The topological polar surface area (TPSA) is 119 Å². The van der Waals surface area contributed by atoms with Gasteiger partial charge >= 0.3 is 0 Å². The largest absolute Gasteiger partial charge is 0.400 e. The van der Waals surface area contributed by atoms with Crippen LogP contribution >= 0.6 is 0 Å². The molecule has 5 rings (SSSR count). The standard InChI is InChI=1S/C25H35N9O/c1-27-31-23-16-34(7-6-22(23)26)24(35)17-32-8-10-33(11-9-32)21-14-28-25(29-15-21)30-20-12-18-4-2-3-5-19(18)13-20/h2-5,14-15,20,27,31H,6-13,16-17,26H2,1H3,(H,28,29,30)/p+1. The maximum Gasteiger partial charge on any atom is 0.237 e. The van der Waals surface area contributed by atoms with E-state index in [0.717, 1.165) is 56.1 Å². The Kier molecular flexibility index (Phi) is 7.01. The minimum absolute atomic E-state index is 0.161. The number of piperazine rings is 1. The fraction of sp³-hybridized carbons (Fsp3) is 0.480. The second-order valence-corrected chi connectivity index (χ2v) is 9.55. The molecule has 1 aromatic carbocycles. The van der Waals surface area contributed by atoms with E-state index in [-0.39, 0.29) is 5.91 Å².